The maximum atomic E-state index is 11.3. The summed E-state index contributed by atoms with van der Waals surface area (Å²) in [5.41, 5.74) is 7.70. The monoisotopic (exact) mass is 238 g/mol. The summed E-state index contributed by atoms with van der Waals surface area (Å²) in [6.07, 6.45) is 2.43. The molecule has 0 aliphatic heterocycles. The standard InChI is InChI=1S/C12H18N2OS/c1-9-3-4-10(11(7-9)16-2)8-14-12(15)5-6-13/h3-4,7H,5-6,8,13H2,1-2H3,(H,14,15). The predicted molar refractivity (Wildman–Crippen MR) is 68.5 cm³/mol. The van der Waals surface area contributed by atoms with Crippen LogP contribution >= 0.6 is 11.8 Å². The van der Waals surface area contributed by atoms with E-state index in [0.717, 1.165) is 5.56 Å². The normalized spacial score (nSPS) is 10.2. The Balaban J connectivity index is 2.63. The van der Waals surface area contributed by atoms with Gasteiger partial charge in [0.15, 0.2) is 0 Å². The molecule has 0 aromatic heterocycles. The van der Waals surface area contributed by atoms with Crippen LogP contribution in [0.1, 0.15) is 17.5 Å². The average Bonchev–Trinajstić information content (AvgIpc) is 2.27. The van der Waals surface area contributed by atoms with Gasteiger partial charge < -0.3 is 11.1 Å². The van der Waals surface area contributed by atoms with E-state index < -0.39 is 0 Å². The van der Waals surface area contributed by atoms with E-state index in [1.54, 1.807) is 11.8 Å². The number of carbonyl (C=O) groups is 1. The summed E-state index contributed by atoms with van der Waals surface area (Å²) in [6, 6.07) is 6.25. The van der Waals surface area contributed by atoms with Crippen LogP contribution in [0.5, 0.6) is 0 Å². The van der Waals surface area contributed by atoms with E-state index in [-0.39, 0.29) is 5.91 Å². The van der Waals surface area contributed by atoms with Gasteiger partial charge in [0.25, 0.3) is 0 Å². The lowest BCUT2D eigenvalue weighted by Gasteiger charge is -2.09. The summed E-state index contributed by atoms with van der Waals surface area (Å²) in [5.74, 6) is 0.00938. The lowest BCUT2D eigenvalue weighted by Crippen LogP contribution is -2.25. The van der Waals surface area contributed by atoms with Crippen molar-refractivity contribution in [1.82, 2.24) is 5.32 Å². The minimum absolute atomic E-state index is 0.00938. The van der Waals surface area contributed by atoms with E-state index in [4.69, 9.17) is 5.73 Å². The lowest BCUT2D eigenvalue weighted by atomic mass is 10.1. The van der Waals surface area contributed by atoms with Gasteiger partial charge in [0, 0.05) is 24.4 Å². The van der Waals surface area contributed by atoms with Gasteiger partial charge >= 0.3 is 0 Å². The van der Waals surface area contributed by atoms with Gasteiger partial charge in [-0.25, -0.2) is 0 Å². The quantitative estimate of drug-likeness (QED) is 0.767. The molecular formula is C12H18N2OS. The Bertz CT molecular complexity index is 366. The third kappa shape index (κ3) is 3.87. The van der Waals surface area contributed by atoms with E-state index in [1.165, 1.54) is 10.5 Å². The van der Waals surface area contributed by atoms with Gasteiger partial charge in [0.2, 0.25) is 5.91 Å². The zero-order chi connectivity index (χ0) is 12.0. The molecule has 0 unspecified atom stereocenters. The first-order valence-electron chi connectivity index (χ1n) is 5.27. The highest BCUT2D eigenvalue weighted by atomic mass is 32.2. The van der Waals surface area contributed by atoms with Gasteiger partial charge in [-0.3, -0.25) is 4.79 Å². The van der Waals surface area contributed by atoms with Crippen LogP contribution in [0, 0.1) is 6.92 Å². The zero-order valence-corrected chi connectivity index (χ0v) is 10.6. The van der Waals surface area contributed by atoms with Gasteiger partial charge in [-0.2, -0.15) is 0 Å². The molecule has 1 aromatic carbocycles. The molecule has 4 heteroatoms. The molecule has 1 aromatic rings. The van der Waals surface area contributed by atoms with Crippen LogP contribution in [0.3, 0.4) is 0 Å². The molecular weight excluding hydrogens is 220 g/mol. The molecule has 88 valence electrons. The average molecular weight is 238 g/mol. The van der Waals surface area contributed by atoms with Gasteiger partial charge in [-0.15, -0.1) is 11.8 Å². The van der Waals surface area contributed by atoms with Crippen molar-refractivity contribution in [2.24, 2.45) is 5.73 Å². The summed E-state index contributed by atoms with van der Waals surface area (Å²) in [5, 5.41) is 2.86. The second kappa shape index (κ2) is 6.55. The molecule has 3 nitrogen and oxygen atoms in total. The molecule has 0 bridgehead atoms. The number of rotatable bonds is 5. The molecule has 0 heterocycles. The van der Waals surface area contributed by atoms with Gasteiger partial charge in [0.05, 0.1) is 0 Å². The Labute approximate surface area is 101 Å². The van der Waals surface area contributed by atoms with Crippen molar-refractivity contribution in [1.29, 1.82) is 0 Å². The maximum Gasteiger partial charge on any atom is 0.221 e. The SMILES string of the molecule is CSc1cc(C)ccc1CNC(=O)CCN. The van der Waals surface area contributed by atoms with Gasteiger partial charge in [0.1, 0.15) is 0 Å². The van der Waals surface area contributed by atoms with E-state index >= 15 is 0 Å². The number of nitrogens with two attached hydrogens (primary N) is 1. The third-order valence-corrected chi connectivity index (χ3v) is 3.11. The molecule has 0 saturated carbocycles. The Morgan fingerprint density at radius 3 is 2.88 bits per heavy atom. The Kier molecular flexibility index (Phi) is 5.35. The van der Waals surface area contributed by atoms with Crippen LogP contribution in [-0.2, 0) is 11.3 Å². The molecule has 1 rings (SSSR count). The van der Waals surface area contributed by atoms with Crippen LogP contribution in [0.25, 0.3) is 0 Å². The highest BCUT2D eigenvalue weighted by Crippen LogP contribution is 2.21. The number of hydrogen-bond donors (Lipinski definition) is 2. The molecule has 0 fully saturated rings. The first kappa shape index (κ1) is 13.1. The zero-order valence-electron chi connectivity index (χ0n) is 9.75. The van der Waals surface area contributed by atoms with Crippen molar-refractivity contribution < 1.29 is 4.79 Å². The Morgan fingerprint density at radius 2 is 2.25 bits per heavy atom. The van der Waals surface area contributed by atoms with E-state index in [0.29, 0.717) is 19.5 Å². The van der Waals surface area contributed by atoms with Crippen molar-refractivity contribution in [3.05, 3.63) is 29.3 Å². The topological polar surface area (TPSA) is 55.1 Å². The molecule has 3 N–H and O–H groups in total. The fraction of sp³-hybridized carbons (Fsp3) is 0.417. The fourth-order valence-electron chi connectivity index (χ4n) is 1.41. The number of hydrogen-bond acceptors (Lipinski definition) is 3. The number of thioether (sulfide) groups is 1. The summed E-state index contributed by atoms with van der Waals surface area (Å²) in [7, 11) is 0. The van der Waals surface area contributed by atoms with Crippen molar-refractivity contribution in [2.75, 3.05) is 12.8 Å². The number of amides is 1. The van der Waals surface area contributed by atoms with Crippen LogP contribution in [-0.4, -0.2) is 18.7 Å². The second-order valence-corrected chi connectivity index (χ2v) is 4.48. The van der Waals surface area contributed by atoms with Crippen LogP contribution in [0.4, 0.5) is 0 Å². The highest BCUT2D eigenvalue weighted by Gasteiger charge is 2.04. The van der Waals surface area contributed by atoms with Crippen molar-refractivity contribution in [3.63, 3.8) is 0 Å². The van der Waals surface area contributed by atoms with E-state index in [1.807, 2.05) is 6.26 Å². The van der Waals surface area contributed by atoms with Crippen LogP contribution in [0.2, 0.25) is 0 Å². The predicted octanol–water partition coefficient (Wildman–Crippen LogP) is 1.68. The molecule has 0 atom stereocenters. The summed E-state index contributed by atoms with van der Waals surface area (Å²) >= 11 is 1.70. The van der Waals surface area contributed by atoms with Crippen LogP contribution < -0.4 is 11.1 Å². The number of nitrogens with one attached hydrogen (secondary N) is 1. The minimum atomic E-state index is 0.00938. The van der Waals surface area contributed by atoms with Gasteiger partial charge in [-0.1, -0.05) is 12.1 Å². The van der Waals surface area contributed by atoms with Gasteiger partial charge in [-0.05, 0) is 30.4 Å². The fourth-order valence-corrected chi connectivity index (χ4v) is 2.12. The molecule has 0 aliphatic carbocycles. The molecule has 0 aliphatic rings. The largest absolute Gasteiger partial charge is 0.352 e. The van der Waals surface area contributed by atoms with Crippen molar-refractivity contribution in [2.45, 2.75) is 24.8 Å². The molecule has 16 heavy (non-hydrogen) atoms. The second-order valence-electron chi connectivity index (χ2n) is 3.63. The van der Waals surface area contributed by atoms with E-state index in [2.05, 4.69) is 30.4 Å². The van der Waals surface area contributed by atoms with Crippen molar-refractivity contribution >= 4 is 17.7 Å². The summed E-state index contributed by atoms with van der Waals surface area (Å²) < 4.78 is 0. The minimum Gasteiger partial charge on any atom is -0.352 e. The lowest BCUT2D eigenvalue weighted by molar-refractivity contribution is -0.121. The number of aryl methyl sites for hydroxylation is 1. The molecule has 1 amide bonds. The first-order chi connectivity index (χ1) is 7.67. The Morgan fingerprint density at radius 1 is 1.50 bits per heavy atom. The molecule has 0 radical (unpaired) electrons. The number of carbonyl (C=O) groups excluding carboxylic acids is 1. The first-order valence-corrected chi connectivity index (χ1v) is 6.50. The highest BCUT2D eigenvalue weighted by molar-refractivity contribution is 7.98. The van der Waals surface area contributed by atoms with Crippen LogP contribution in [0.15, 0.2) is 23.1 Å². The molecule has 0 spiro atoms. The smallest absolute Gasteiger partial charge is 0.221 e. The summed E-state index contributed by atoms with van der Waals surface area (Å²) in [6.45, 7) is 3.04. The van der Waals surface area contributed by atoms with E-state index in [9.17, 15) is 4.79 Å². The molecule has 0 saturated heterocycles. The Hall–Kier alpha value is -1.00. The van der Waals surface area contributed by atoms with Crippen molar-refractivity contribution in [3.8, 4) is 0 Å². The number of benzene rings is 1. The summed E-state index contributed by atoms with van der Waals surface area (Å²) in [4.78, 5) is 12.5. The maximum absolute atomic E-state index is 11.3. The third-order valence-electron chi connectivity index (χ3n) is 2.29.